The van der Waals surface area contributed by atoms with Gasteiger partial charge < -0.3 is 28.8 Å². The van der Waals surface area contributed by atoms with Gasteiger partial charge in [-0.2, -0.15) is 0 Å². The standard InChI is InChI=1S/C84H102F2N2O4Si/c1-49-33-57(85)43-65(63-35-55(83(21,22)45-77(3,4)5)41-71(73(63)89)87-67-37-51(79(9,10)11)25-29-59(67)60-30-26-52(38-68(60)87)80(12,13)14)75(49)91-47-93-48-92-76-50(2)34-58(86)44-66(76)64-36-56(84(23,24)46-78(6,7)8)42-72(74(64)90)88-69-39-53(81(15,16)17)27-31-61(69)62-32-28-54(40-70(62)88)82(18,19)20/h25-44,89-90H,45-48H2,1-24H3. The van der Waals surface area contributed by atoms with E-state index in [9.17, 15) is 10.2 Å². The number of fused-ring (bicyclic) bond motifs is 6. The van der Waals surface area contributed by atoms with E-state index >= 15 is 8.78 Å². The minimum atomic E-state index is -0.443. The Kier molecular flexibility index (Phi) is 17.5. The molecule has 0 atom stereocenters. The van der Waals surface area contributed by atoms with E-state index in [2.05, 4.69) is 246 Å². The van der Waals surface area contributed by atoms with Gasteiger partial charge in [0.1, 0.15) is 44.2 Å². The van der Waals surface area contributed by atoms with E-state index < -0.39 is 11.6 Å². The number of nitrogens with zero attached hydrogens (tertiary/aromatic N) is 2. The van der Waals surface area contributed by atoms with Crippen molar-refractivity contribution >= 4 is 53.1 Å². The summed E-state index contributed by atoms with van der Waals surface area (Å²) in [6.45, 7) is 52.9. The molecule has 0 bridgehead atoms. The molecule has 2 heterocycles. The zero-order valence-electron chi connectivity index (χ0n) is 60.2. The number of ether oxygens (including phenoxy) is 2. The number of phenolic OH excluding ortho intramolecular Hbond substituents is 2. The van der Waals surface area contributed by atoms with Crippen molar-refractivity contribution in [2.24, 2.45) is 10.8 Å². The summed E-state index contributed by atoms with van der Waals surface area (Å²) in [7, 11) is 0.0617. The Labute approximate surface area is 556 Å². The molecule has 9 heteroatoms. The normalized spacial score (nSPS) is 13.4. The van der Waals surface area contributed by atoms with Crippen LogP contribution in [0.4, 0.5) is 8.78 Å². The Morgan fingerprint density at radius 2 is 0.634 bits per heavy atom. The summed E-state index contributed by atoms with van der Waals surface area (Å²) in [6.07, 6.45) is 2.06. The number of benzene rings is 8. The van der Waals surface area contributed by atoms with Gasteiger partial charge in [-0.3, -0.25) is 0 Å². The van der Waals surface area contributed by atoms with Crippen molar-refractivity contribution in [2.45, 2.75) is 212 Å². The minimum Gasteiger partial charge on any atom is -0.505 e. The molecule has 10 aromatic rings. The number of hydrogen-bond acceptors (Lipinski definition) is 4. The molecule has 93 heavy (non-hydrogen) atoms. The maximum Gasteiger partial charge on any atom is 0.147 e. The van der Waals surface area contributed by atoms with E-state index in [0.717, 1.165) is 67.6 Å². The molecule has 2 radical (unpaired) electrons. The second-order valence-corrected chi connectivity index (χ2v) is 35.7. The Bertz CT molecular complexity index is 4120. The van der Waals surface area contributed by atoms with E-state index in [4.69, 9.17) is 9.47 Å². The van der Waals surface area contributed by atoms with Gasteiger partial charge in [0.25, 0.3) is 0 Å². The quantitative estimate of drug-likeness (QED) is 0.0841. The van der Waals surface area contributed by atoms with E-state index in [1.54, 1.807) is 0 Å². The molecule has 490 valence electrons. The molecular weight excluding hydrogens is 1170 g/mol. The molecule has 0 saturated carbocycles. The van der Waals surface area contributed by atoms with Gasteiger partial charge in [0.05, 0.1) is 45.9 Å². The lowest BCUT2D eigenvalue weighted by Crippen LogP contribution is -2.25. The molecule has 2 N–H and O–H groups in total. The molecule has 0 unspecified atom stereocenters. The van der Waals surface area contributed by atoms with Crippen molar-refractivity contribution in [3.8, 4) is 56.6 Å². The third kappa shape index (κ3) is 13.8. The maximum atomic E-state index is 16.3. The SMILES string of the molecule is Cc1cc(F)cc(-c2cc(C(C)(C)CC(C)(C)C)cc(-n3c4cc(C(C)(C)C)ccc4c4ccc(C(C)(C)C)cc43)c2O)c1OC[Si]COc1c(C)cc(F)cc1-c1cc(C(C)(C)CC(C)(C)C)cc(-n2c3cc(C(C)(C)C)ccc3c3ccc(C(C)(C)C)cc32)c1O. The van der Waals surface area contributed by atoms with Gasteiger partial charge in [-0.15, -0.1) is 0 Å². The van der Waals surface area contributed by atoms with Crippen LogP contribution in [0.3, 0.4) is 0 Å². The first-order valence-electron chi connectivity index (χ1n) is 33.3. The van der Waals surface area contributed by atoms with Gasteiger partial charge in [0.2, 0.25) is 0 Å². The highest BCUT2D eigenvalue weighted by atomic mass is 28.2. The lowest BCUT2D eigenvalue weighted by Gasteiger charge is -2.34. The van der Waals surface area contributed by atoms with Gasteiger partial charge in [-0.1, -0.05) is 201 Å². The fraction of sp³-hybridized carbons (Fsp3) is 0.429. The first-order valence-corrected chi connectivity index (χ1v) is 34.8. The fourth-order valence-corrected chi connectivity index (χ4v) is 15.2. The average Bonchev–Trinajstić information content (AvgIpc) is 1.58. The number of hydrogen-bond donors (Lipinski definition) is 2. The van der Waals surface area contributed by atoms with E-state index in [0.29, 0.717) is 56.3 Å². The molecule has 0 saturated heterocycles. The Morgan fingerprint density at radius 1 is 0.355 bits per heavy atom. The number of rotatable bonds is 14. The van der Waals surface area contributed by atoms with E-state index in [-0.39, 0.29) is 76.8 Å². The smallest absolute Gasteiger partial charge is 0.147 e. The summed E-state index contributed by atoms with van der Waals surface area (Å²) in [5.41, 5.74) is 13.3. The summed E-state index contributed by atoms with van der Waals surface area (Å²) in [4.78, 5) is 0. The molecule has 0 fully saturated rings. The second kappa shape index (κ2) is 23.8. The number of halogens is 2. The third-order valence-corrected chi connectivity index (χ3v) is 19.6. The molecule has 0 amide bonds. The van der Waals surface area contributed by atoms with Crippen LogP contribution in [-0.4, -0.2) is 41.3 Å². The van der Waals surface area contributed by atoms with Crippen LogP contribution >= 0.6 is 0 Å². The van der Waals surface area contributed by atoms with Crippen LogP contribution in [0.25, 0.3) is 77.2 Å². The predicted octanol–water partition coefficient (Wildman–Crippen LogP) is 23.2. The molecule has 8 aromatic carbocycles. The lowest BCUT2D eigenvalue weighted by atomic mass is 9.71. The van der Waals surface area contributed by atoms with Gasteiger partial charge in [-0.25, -0.2) is 8.78 Å². The van der Waals surface area contributed by atoms with Crippen molar-refractivity contribution in [2.75, 3.05) is 12.5 Å². The van der Waals surface area contributed by atoms with Crippen LogP contribution in [0.1, 0.15) is 210 Å². The summed E-state index contributed by atoms with van der Waals surface area (Å²) in [5.74, 6) is 0.0757. The number of aromatic hydroxyl groups is 2. The minimum absolute atomic E-state index is 0.0196. The summed E-state index contributed by atoms with van der Waals surface area (Å²) in [5, 5.41) is 30.8. The molecule has 0 aliphatic rings. The van der Waals surface area contributed by atoms with Gasteiger partial charge >= 0.3 is 0 Å². The number of aromatic nitrogens is 2. The largest absolute Gasteiger partial charge is 0.505 e. The molecule has 0 aliphatic heterocycles. The monoisotopic (exact) mass is 1270 g/mol. The molecule has 10 rings (SSSR count). The van der Waals surface area contributed by atoms with Gasteiger partial charge in [0.15, 0.2) is 0 Å². The van der Waals surface area contributed by atoms with Crippen LogP contribution in [0.15, 0.2) is 121 Å². The Hall–Kier alpha value is -7.36. The molecule has 0 spiro atoms. The van der Waals surface area contributed by atoms with Crippen LogP contribution in [0.2, 0.25) is 0 Å². The van der Waals surface area contributed by atoms with E-state index in [1.807, 2.05) is 26.0 Å². The number of aryl methyl sites for hydroxylation is 2. The van der Waals surface area contributed by atoms with Crippen LogP contribution in [-0.2, 0) is 32.5 Å². The highest BCUT2D eigenvalue weighted by molar-refractivity contribution is 6.35. The van der Waals surface area contributed by atoms with Crippen molar-refractivity contribution in [3.05, 3.63) is 177 Å². The molecular formula is C84H102F2N2O4Si. The fourth-order valence-electron chi connectivity index (χ4n) is 14.6. The van der Waals surface area contributed by atoms with Gasteiger partial charge in [0, 0.05) is 43.8 Å². The van der Waals surface area contributed by atoms with Crippen LogP contribution in [0, 0.1) is 36.3 Å². The molecule has 6 nitrogen and oxygen atoms in total. The highest BCUT2D eigenvalue weighted by Gasteiger charge is 2.35. The third-order valence-electron chi connectivity index (χ3n) is 18.9. The summed E-state index contributed by atoms with van der Waals surface area (Å²) < 4.78 is 50.8. The molecule has 0 aliphatic carbocycles. The van der Waals surface area contributed by atoms with Crippen molar-refractivity contribution in [1.29, 1.82) is 0 Å². The summed E-state index contributed by atoms with van der Waals surface area (Å²) in [6, 6.07) is 41.1. The maximum absolute atomic E-state index is 16.3. The van der Waals surface area contributed by atoms with Crippen molar-refractivity contribution < 1.29 is 28.5 Å². The number of phenols is 2. The Balaban J connectivity index is 1.08. The lowest BCUT2D eigenvalue weighted by molar-refractivity contribution is 0.283. The van der Waals surface area contributed by atoms with Crippen LogP contribution < -0.4 is 9.47 Å². The predicted molar refractivity (Wildman–Crippen MR) is 391 cm³/mol. The van der Waals surface area contributed by atoms with Gasteiger partial charge in [-0.05, 0) is 187 Å². The zero-order chi connectivity index (χ0) is 68.4. The van der Waals surface area contributed by atoms with Crippen molar-refractivity contribution in [3.63, 3.8) is 0 Å². The first kappa shape index (κ1) is 68.5. The highest BCUT2D eigenvalue weighted by Crippen LogP contribution is 2.51. The topological polar surface area (TPSA) is 68.8 Å². The second-order valence-electron chi connectivity index (χ2n) is 34.7. The first-order chi connectivity index (χ1) is 42.8. The van der Waals surface area contributed by atoms with Crippen molar-refractivity contribution in [1.82, 2.24) is 9.13 Å². The molecule has 2 aromatic heterocycles. The van der Waals surface area contributed by atoms with E-state index in [1.165, 1.54) is 46.5 Å². The van der Waals surface area contributed by atoms with Crippen LogP contribution in [0.5, 0.6) is 23.0 Å². The Morgan fingerprint density at radius 3 is 0.892 bits per heavy atom. The zero-order valence-corrected chi connectivity index (χ0v) is 61.2. The summed E-state index contributed by atoms with van der Waals surface area (Å²) >= 11 is 0. The average molecular weight is 1270 g/mol.